The molecule has 162 valence electrons. The Morgan fingerprint density at radius 2 is 1.68 bits per heavy atom. The van der Waals surface area contributed by atoms with Gasteiger partial charge in [0.15, 0.2) is 0 Å². The van der Waals surface area contributed by atoms with Crippen LogP contribution in [0.5, 0.6) is 5.75 Å². The fourth-order valence-corrected chi connectivity index (χ4v) is 4.53. The van der Waals surface area contributed by atoms with E-state index in [2.05, 4.69) is 10.0 Å². The lowest BCUT2D eigenvalue weighted by Crippen LogP contribution is -2.17. The van der Waals surface area contributed by atoms with E-state index in [9.17, 15) is 13.2 Å². The van der Waals surface area contributed by atoms with E-state index in [1.165, 1.54) is 25.3 Å². The summed E-state index contributed by atoms with van der Waals surface area (Å²) in [5.74, 6) is 0.0251. The minimum Gasteiger partial charge on any atom is -0.495 e. The van der Waals surface area contributed by atoms with E-state index < -0.39 is 10.0 Å². The summed E-state index contributed by atoms with van der Waals surface area (Å²) in [6.45, 7) is 5.67. The molecule has 3 rings (SSSR count). The molecule has 0 bridgehead atoms. The number of ether oxygens (including phenoxy) is 1. The first-order valence-electron chi connectivity index (χ1n) is 9.93. The minimum absolute atomic E-state index is 0.0266. The van der Waals surface area contributed by atoms with E-state index in [1.54, 1.807) is 12.1 Å². The zero-order valence-electron chi connectivity index (χ0n) is 18.0. The molecule has 0 aliphatic heterocycles. The Balaban J connectivity index is 1.96. The largest absolute Gasteiger partial charge is 0.495 e. The maximum Gasteiger partial charge on any atom is 0.261 e. The van der Waals surface area contributed by atoms with Crippen LogP contribution in [0.2, 0.25) is 0 Å². The topological polar surface area (TPSA) is 84.5 Å². The number of aryl methyl sites for hydroxylation is 3. The summed E-state index contributed by atoms with van der Waals surface area (Å²) < 4.78 is 34.3. The standard InChI is InChI=1S/C24H26N2O4S/c1-5-18-11-8-10-17(3)23(18)26-31(28,29)19-13-14-22(30-4)21(15-19)25-24(27)20-12-7-6-9-16(20)2/h6-15,26H,5H2,1-4H3,(H,25,27). The van der Waals surface area contributed by atoms with Crippen molar-refractivity contribution < 1.29 is 17.9 Å². The van der Waals surface area contributed by atoms with Gasteiger partial charge in [0.2, 0.25) is 0 Å². The quantitative estimate of drug-likeness (QED) is 0.548. The van der Waals surface area contributed by atoms with Crippen LogP contribution in [0.25, 0.3) is 0 Å². The summed E-state index contributed by atoms with van der Waals surface area (Å²) in [6, 6.07) is 17.2. The van der Waals surface area contributed by atoms with Crippen molar-refractivity contribution in [2.24, 2.45) is 0 Å². The molecule has 0 heterocycles. The lowest BCUT2D eigenvalue weighted by Gasteiger charge is -2.16. The second-order valence-corrected chi connectivity index (χ2v) is 8.88. The van der Waals surface area contributed by atoms with Gasteiger partial charge < -0.3 is 10.1 Å². The number of para-hydroxylation sites is 1. The lowest BCUT2D eigenvalue weighted by molar-refractivity contribution is 0.102. The average Bonchev–Trinajstić information content (AvgIpc) is 2.75. The van der Waals surface area contributed by atoms with Crippen LogP contribution in [0.3, 0.4) is 0 Å². The summed E-state index contributed by atoms with van der Waals surface area (Å²) >= 11 is 0. The number of sulfonamides is 1. The molecule has 2 N–H and O–H groups in total. The molecule has 0 aliphatic carbocycles. The molecular formula is C24H26N2O4S. The Morgan fingerprint density at radius 3 is 2.35 bits per heavy atom. The number of rotatable bonds is 7. The van der Waals surface area contributed by atoms with Crippen molar-refractivity contribution in [1.29, 1.82) is 0 Å². The Bertz CT molecular complexity index is 1220. The minimum atomic E-state index is -3.88. The van der Waals surface area contributed by atoms with Gasteiger partial charge >= 0.3 is 0 Å². The van der Waals surface area contributed by atoms with Crippen molar-refractivity contribution >= 4 is 27.3 Å². The SMILES string of the molecule is CCc1cccc(C)c1NS(=O)(=O)c1ccc(OC)c(NC(=O)c2ccccc2C)c1. The molecule has 0 aromatic heterocycles. The molecule has 0 aliphatic rings. The van der Waals surface area contributed by atoms with Gasteiger partial charge in [-0.1, -0.05) is 43.3 Å². The number of benzene rings is 3. The second kappa shape index (κ2) is 9.22. The number of anilines is 2. The van der Waals surface area contributed by atoms with Gasteiger partial charge in [0, 0.05) is 5.56 Å². The number of carbonyl (C=O) groups is 1. The van der Waals surface area contributed by atoms with Crippen molar-refractivity contribution in [3.8, 4) is 5.75 Å². The normalized spacial score (nSPS) is 11.1. The summed E-state index contributed by atoms with van der Waals surface area (Å²) in [6.07, 6.45) is 0.694. The van der Waals surface area contributed by atoms with Gasteiger partial charge in [0.25, 0.3) is 15.9 Å². The van der Waals surface area contributed by atoms with Crippen LogP contribution in [0, 0.1) is 13.8 Å². The summed E-state index contributed by atoms with van der Waals surface area (Å²) in [5.41, 5.74) is 3.92. The third-order valence-electron chi connectivity index (χ3n) is 5.10. The zero-order valence-corrected chi connectivity index (χ0v) is 18.8. The van der Waals surface area contributed by atoms with E-state index in [4.69, 9.17) is 4.74 Å². The molecule has 1 amide bonds. The van der Waals surface area contributed by atoms with Gasteiger partial charge in [0.1, 0.15) is 5.75 Å². The van der Waals surface area contributed by atoms with E-state index in [0.29, 0.717) is 23.4 Å². The lowest BCUT2D eigenvalue weighted by atomic mass is 10.1. The number of hydrogen-bond acceptors (Lipinski definition) is 4. The number of amides is 1. The van der Waals surface area contributed by atoms with Crippen molar-refractivity contribution in [2.45, 2.75) is 32.1 Å². The van der Waals surface area contributed by atoms with Gasteiger partial charge in [-0.3, -0.25) is 9.52 Å². The maximum absolute atomic E-state index is 13.1. The average molecular weight is 439 g/mol. The molecule has 0 spiro atoms. The van der Waals surface area contributed by atoms with Gasteiger partial charge in [-0.25, -0.2) is 8.42 Å². The zero-order chi connectivity index (χ0) is 22.6. The van der Waals surface area contributed by atoms with Crippen LogP contribution < -0.4 is 14.8 Å². The molecule has 7 heteroatoms. The van der Waals surface area contributed by atoms with Crippen LogP contribution in [-0.2, 0) is 16.4 Å². The summed E-state index contributed by atoms with van der Waals surface area (Å²) in [7, 11) is -2.42. The van der Waals surface area contributed by atoms with Crippen molar-refractivity contribution in [3.05, 3.63) is 82.9 Å². The summed E-state index contributed by atoms with van der Waals surface area (Å²) in [4.78, 5) is 12.8. The van der Waals surface area contributed by atoms with Crippen LogP contribution in [0.15, 0.2) is 65.6 Å². The van der Waals surface area contributed by atoms with Crippen molar-refractivity contribution in [3.63, 3.8) is 0 Å². The van der Waals surface area contributed by atoms with Gasteiger partial charge in [-0.05, 0) is 61.2 Å². The van der Waals surface area contributed by atoms with Gasteiger partial charge in [0.05, 0.1) is 23.4 Å². The molecule has 0 radical (unpaired) electrons. The predicted octanol–water partition coefficient (Wildman–Crippen LogP) is 4.93. The van der Waals surface area contributed by atoms with Gasteiger partial charge in [-0.2, -0.15) is 0 Å². The monoisotopic (exact) mass is 438 g/mol. The number of methoxy groups -OCH3 is 1. The van der Waals surface area contributed by atoms with E-state index >= 15 is 0 Å². The highest BCUT2D eigenvalue weighted by atomic mass is 32.2. The molecule has 0 saturated heterocycles. The van der Waals surface area contributed by atoms with Crippen LogP contribution >= 0.6 is 0 Å². The molecule has 6 nitrogen and oxygen atoms in total. The van der Waals surface area contributed by atoms with Crippen molar-refractivity contribution in [1.82, 2.24) is 0 Å². The molecule has 0 saturated carbocycles. The number of nitrogens with one attached hydrogen (secondary N) is 2. The molecule has 31 heavy (non-hydrogen) atoms. The van der Waals surface area contributed by atoms with E-state index in [-0.39, 0.29) is 16.5 Å². The predicted molar refractivity (Wildman–Crippen MR) is 123 cm³/mol. The molecule has 3 aromatic rings. The maximum atomic E-state index is 13.1. The summed E-state index contributed by atoms with van der Waals surface area (Å²) in [5, 5.41) is 2.77. The highest BCUT2D eigenvalue weighted by Gasteiger charge is 2.20. The Kier molecular flexibility index (Phi) is 6.65. The highest BCUT2D eigenvalue weighted by Crippen LogP contribution is 2.30. The van der Waals surface area contributed by atoms with E-state index in [1.807, 2.05) is 51.1 Å². The Hall–Kier alpha value is -3.32. The smallest absolute Gasteiger partial charge is 0.261 e. The van der Waals surface area contributed by atoms with Crippen LogP contribution in [-0.4, -0.2) is 21.4 Å². The molecule has 3 aromatic carbocycles. The first kappa shape index (κ1) is 22.4. The fraction of sp³-hybridized carbons (Fsp3) is 0.208. The van der Waals surface area contributed by atoms with E-state index in [0.717, 1.165) is 16.7 Å². The van der Waals surface area contributed by atoms with Gasteiger partial charge in [-0.15, -0.1) is 0 Å². The Labute approximate surface area is 183 Å². The molecular weight excluding hydrogens is 412 g/mol. The number of carbonyl (C=O) groups excluding carboxylic acids is 1. The fourth-order valence-electron chi connectivity index (χ4n) is 3.33. The third kappa shape index (κ3) is 4.88. The van der Waals surface area contributed by atoms with Crippen LogP contribution in [0.4, 0.5) is 11.4 Å². The first-order chi connectivity index (χ1) is 14.8. The molecule has 0 unspecified atom stereocenters. The number of hydrogen-bond donors (Lipinski definition) is 2. The second-order valence-electron chi connectivity index (χ2n) is 7.20. The van der Waals surface area contributed by atoms with Crippen molar-refractivity contribution in [2.75, 3.05) is 17.1 Å². The Morgan fingerprint density at radius 1 is 0.968 bits per heavy atom. The molecule has 0 atom stereocenters. The first-order valence-corrected chi connectivity index (χ1v) is 11.4. The highest BCUT2D eigenvalue weighted by molar-refractivity contribution is 7.92. The molecule has 0 fully saturated rings. The third-order valence-corrected chi connectivity index (χ3v) is 6.44. The van der Waals surface area contributed by atoms with Crippen LogP contribution in [0.1, 0.15) is 34.0 Å².